The van der Waals surface area contributed by atoms with E-state index in [4.69, 9.17) is 21.1 Å². The molecule has 5 heteroatoms. The summed E-state index contributed by atoms with van der Waals surface area (Å²) in [7, 11) is 0. The number of hydrogen-bond donors (Lipinski definition) is 1. The fourth-order valence-electron chi connectivity index (χ4n) is 2.44. The van der Waals surface area contributed by atoms with E-state index in [9.17, 15) is 4.79 Å². The van der Waals surface area contributed by atoms with Crippen molar-refractivity contribution in [2.75, 3.05) is 18.5 Å². The first-order chi connectivity index (χ1) is 12.6. The normalized spacial score (nSPS) is 10.4. The van der Waals surface area contributed by atoms with Crippen molar-refractivity contribution in [2.24, 2.45) is 0 Å². The van der Waals surface area contributed by atoms with Gasteiger partial charge in [-0.05, 0) is 61.7 Å². The minimum atomic E-state index is -0.0337. The van der Waals surface area contributed by atoms with Crippen LogP contribution in [-0.2, 0) is 11.2 Å². The Labute approximate surface area is 160 Å². The van der Waals surface area contributed by atoms with Crippen molar-refractivity contribution in [2.45, 2.75) is 39.5 Å². The molecule has 0 radical (unpaired) electrons. The lowest BCUT2D eigenvalue weighted by molar-refractivity contribution is -0.116. The van der Waals surface area contributed by atoms with Gasteiger partial charge in [0.15, 0.2) is 11.5 Å². The van der Waals surface area contributed by atoms with E-state index in [0.717, 1.165) is 35.6 Å². The molecule has 0 fully saturated rings. The molecular formula is C21H26ClNO3. The minimum absolute atomic E-state index is 0.0337. The van der Waals surface area contributed by atoms with Gasteiger partial charge in [-0.25, -0.2) is 0 Å². The number of nitrogens with one attached hydrogen (secondary N) is 1. The van der Waals surface area contributed by atoms with Crippen LogP contribution in [-0.4, -0.2) is 19.1 Å². The van der Waals surface area contributed by atoms with Gasteiger partial charge < -0.3 is 14.8 Å². The molecule has 0 spiro atoms. The highest BCUT2D eigenvalue weighted by atomic mass is 35.5. The molecule has 1 amide bonds. The van der Waals surface area contributed by atoms with Crippen molar-refractivity contribution in [3.05, 3.63) is 53.1 Å². The third-order valence-electron chi connectivity index (χ3n) is 3.83. The Bertz CT molecular complexity index is 701. The molecule has 140 valence electrons. The number of unbranched alkanes of at least 4 members (excludes halogenated alkanes) is 1. The van der Waals surface area contributed by atoms with Crippen molar-refractivity contribution in [3.8, 4) is 11.5 Å². The number of aryl methyl sites for hydroxylation is 1. The third-order valence-corrected chi connectivity index (χ3v) is 4.08. The lowest BCUT2D eigenvalue weighted by atomic mass is 10.1. The van der Waals surface area contributed by atoms with Crippen molar-refractivity contribution < 1.29 is 14.3 Å². The van der Waals surface area contributed by atoms with E-state index >= 15 is 0 Å². The van der Waals surface area contributed by atoms with Crippen LogP contribution in [0.1, 0.15) is 38.7 Å². The first-order valence-electron chi connectivity index (χ1n) is 9.06. The highest BCUT2D eigenvalue weighted by Gasteiger charge is 2.09. The van der Waals surface area contributed by atoms with Crippen LogP contribution in [0.15, 0.2) is 42.5 Å². The minimum Gasteiger partial charge on any atom is -0.490 e. The Kier molecular flexibility index (Phi) is 8.29. The number of halogens is 1. The Hall–Kier alpha value is -2.20. The van der Waals surface area contributed by atoms with Gasteiger partial charge in [0.25, 0.3) is 0 Å². The largest absolute Gasteiger partial charge is 0.490 e. The SMILES string of the molecule is CCCCOc1ccc(CCC(=O)Nc2ccc(Cl)cc2)cc1OCC. The Morgan fingerprint density at radius 3 is 2.50 bits per heavy atom. The van der Waals surface area contributed by atoms with Gasteiger partial charge in [0.2, 0.25) is 5.91 Å². The molecule has 1 N–H and O–H groups in total. The molecule has 26 heavy (non-hydrogen) atoms. The van der Waals surface area contributed by atoms with E-state index in [1.165, 1.54) is 0 Å². The molecular weight excluding hydrogens is 350 g/mol. The summed E-state index contributed by atoms with van der Waals surface area (Å²) in [5, 5.41) is 3.52. The summed E-state index contributed by atoms with van der Waals surface area (Å²) in [6.07, 6.45) is 3.13. The Morgan fingerprint density at radius 1 is 1.04 bits per heavy atom. The van der Waals surface area contributed by atoms with Crippen molar-refractivity contribution >= 4 is 23.2 Å². The number of ether oxygens (including phenoxy) is 2. The van der Waals surface area contributed by atoms with Gasteiger partial charge in [0.05, 0.1) is 13.2 Å². The molecule has 0 aliphatic carbocycles. The lowest BCUT2D eigenvalue weighted by Gasteiger charge is -2.13. The van der Waals surface area contributed by atoms with Crippen molar-refractivity contribution in [1.82, 2.24) is 0 Å². The zero-order valence-electron chi connectivity index (χ0n) is 15.4. The fraction of sp³-hybridized carbons (Fsp3) is 0.381. The quantitative estimate of drug-likeness (QED) is 0.558. The zero-order valence-corrected chi connectivity index (χ0v) is 16.1. The van der Waals surface area contributed by atoms with Gasteiger partial charge in [0, 0.05) is 17.1 Å². The van der Waals surface area contributed by atoms with E-state index in [0.29, 0.717) is 31.1 Å². The first kappa shape index (κ1) is 20.1. The molecule has 0 aliphatic rings. The summed E-state index contributed by atoms with van der Waals surface area (Å²) in [5.41, 5.74) is 1.79. The topological polar surface area (TPSA) is 47.6 Å². The van der Waals surface area contributed by atoms with E-state index in [2.05, 4.69) is 12.2 Å². The van der Waals surface area contributed by atoms with Gasteiger partial charge in [-0.3, -0.25) is 4.79 Å². The summed E-state index contributed by atoms with van der Waals surface area (Å²) < 4.78 is 11.5. The van der Waals surface area contributed by atoms with Gasteiger partial charge in [-0.15, -0.1) is 0 Å². The van der Waals surface area contributed by atoms with Gasteiger partial charge in [-0.1, -0.05) is 31.0 Å². The second-order valence-electron chi connectivity index (χ2n) is 5.97. The third kappa shape index (κ3) is 6.60. The molecule has 0 heterocycles. The molecule has 0 atom stereocenters. The van der Waals surface area contributed by atoms with Crippen LogP contribution in [0.2, 0.25) is 5.02 Å². The maximum absolute atomic E-state index is 12.1. The average molecular weight is 376 g/mol. The molecule has 2 rings (SSSR count). The highest BCUT2D eigenvalue weighted by molar-refractivity contribution is 6.30. The number of anilines is 1. The molecule has 0 unspecified atom stereocenters. The van der Waals surface area contributed by atoms with Crippen LogP contribution in [0.25, 0.3) is 0 Å². The van der Waals surface area contributed by atoms with Crippen LogP contribution in [0.3, 0.4) is 0 Å². The van der Waals surface area contributed by atoms with Crippen LogP contribution in [0.4, 0.5) is 5.69 Å². The molecule has 0 aliphatic heterocycles. The number of rotatable bonds is 10. The molecule has 0 aromatic heterocycles. The monoisotopic (exact) mass is 375 g/mol. The first-order valence-corrected chi connectivity index (χ1v) is 9.44. The molecule has 0 saturated carbocycles. The van der Waals surface area contributed by atoms with Crippen LogP contribution < -0.4 is 14.8 Å². The second-order valence-corrected chi connectivity index (χ2v) is 6.41. The number of carbonyl (C=O) groups excluding carboxylic acids is 1. The molecule has 0 bridgehead atoms. The molecule has 0 saturated heterocycles. The summed E-state index contributed by atoms with van der Waals surface area (Å²) in [6, 6.07) is 12.9. The molecule has 4 nitrogen and oxygen atoms in total. The van der Waals surface area contributed by atoms with Crippen LogP contribution >= 0.6 is 11.6 Å². The number of amides is 1. The lowest BCUT2D eigenvalue weighted by Crippen LogP contribution is -2.12. The molecule has 2 aromatic rings. The second kappa shape index (κ2) is 10.7. The van der Waals surface area contributed by atoms with E-state index < -0.39 is 0 Å². The van der Waals surface area contributed by atoms with E-state index in [1.807, 2.05) is 25.1 Å². The Balaban J connectivity index is 1.92. The van der Waals surface area contributed by atoms with Crippen molar-refractivity contribution in [1.29, 1.82) is 0 Å². The smallest absolute Gasteiger partial charge is 0.224 e. The van der Waals surface area contributed by atoms with Gasteiger partial charge in [-0.2, -0.15) is 0 Å². The Morgan fingerprint density at radius 2 is 1.81 bits per heavy atom. The average Bonchev–Trinajstić information content (AvgIpc) is 2.64. The zero-order chi connectivity index (χ0) is 18.8. The van der Waals surface area contributed by atoms with Crippen LogP contribution in [0, 0.1) is 0 Å². The molecule has 2 aromatic carbocycles. The van der Waals surface area contributed by atoms with Crippen LogP contribution in [0.5, 0.6) is 11.5 Å². The summed E-state index contributed by atoms with van der Waals surface area (Å²) >= 11 is 5.85. The predicted octanol–water partition coefficient (Wildman–Crippen LogP) is 5.49. The fourth-order valence-corrected chi connectivity index (χ4v) is 2.56. The predicted molar refractivity (Wildman–Crippen MR) is 106 cm³/mol. The highest BCUT2D eigenvalue weighted by Crippen LogP contribution is 2.29. The van der Waals surface area contributed by atoms with Gasteiger partial charge >= 0.3 is 0 Å². The summed E-state index contributed by atoms with van der Waals surface area (Å²) in [6.45, 7) is 5.33. The van der Waals surface area contributed by atoms with Gasteiger partial charge in [0.1, 0.15) is 0 Å². The van der Waals surface area contributed by atoms with E-state index in [-0.39, 0.29) is 5.91 Å². The maximum Gasteiger partial charge on any atom is 0.224 e. The summed E-state index contributed by atoms with van der Waals surface area (Å²) in [5.74, 6) is 1.46. The standard InChI is InChI=1S/C21H26ClNO3/c1-3-5-14-26-19-12-6-16(15-20(19)25-4-2)7-13-21(24)23-18-10-8-17(22)9-11-18/h6,8-12,15H,3-5,7,13-14H2,1-2H3,(H,23,24). The maximum atomic E-state index is 12.1. The summed E-state index contributed by atoms with van der Waals surface area (Å²) in [4.78, 5) is 12.1. The number of hydrogen-bond acceptors (Lipinski definition) is 3. The number of benzene rings is 2. The van der Waals surface area contributed by atoms with E-state index in [1.54, 1.807) is 24.3 Å². The number of carbonyl (C=O) groups is 1. The van der Waals surface area contributed by atoms with Crippen molar-refractivity contribution in [3.63, 3.8) is 0 Å².